The molecule has 1 aliphatic carbocycles. The van der Waals surface area contributed by atoms with Crippen LogP contribution < -0.4 is 4.90 Å². The van der Waals surface area contributed by atoms with Crippen LogP contribution in [0.2, 0.25) is 0 Å². The number of aliphatic hydroxyl groups is 1. The van der Waals surface area contributed by atoms with Gasteiger partial charge in [-0.05, 0) is 31.4 Å². The Morgan fingerprint density at radius 3 is 2.65 bits per heavy atom. The van der Waals surface area contributed by atoms with Crippen molar-refractivity contribution in [3.63, 3.8) is 0 Å². The first-order valence-electron chi connectivity index (χ1n) is 6.59. The molecular formula is C14H22N2O. The first kappa shape index (κ1) is 12.4. The summed E-state index contributed by atoms with van der Waals surface area (Å²) in [6, 6.07) is 4.67. The van der Waals surface area contributed by atoms with Gasteiger partial charge in [-0.25, -0.2) is 0 Å². The van der Waals surface area contributed by atoms with Gasteiger partial charge in [0.1, 0.15) is 0 Å². The van der Waals surface area contributed by atoms with Gasteiger partial charge in [0, 0.05) is 13.1 Å². The summed E-state index contributed by atoms with van der Waals surface area (Å²) in [5, 5.41) is 9.69. The summed E-state index contributed by atoms with van der Waals surface area (Å²) in [6.07, 6.45) is 7.42. The third-order valence-corrected chi connectivity index (χ3v) is 3.78. The molecule has 1 unspecified atom stereocenters. The lowest BCUT2D eigenvalue weighted by atomic mass is 10.1. The zero-order valence-corrected chi connectivity index (χ0v) is 10.8. The Morgan fingerprint density at radius 1 is 1.41 bits per heavy atom. The normalized spacial score (nSPS) is 18.3. The fourth-order valence-electron chi connectivity index (χ4n) is 2.51. The summed E-state index contributed by atoms with van der Waals surface area (Å²) in [4.78, 5) is 6.67. The Kier molecular flexibility index (Phi) is 4.00. The van der Waals surface area contributed by atoms with Gasteiger partial charge in [0.25, 0.3) is 0 Å². The van der Waals surface area contributed by atoms with Crippen molar-refractivity contribution in [3.8, 4) is 0 Å². The molecule has 3 nitrogen and oxygen atoms in total. The van der Waals surface area contributed by atoms with Crippen molar-refractivity contribution in [2.75, 3.05) is 11.9 Å². The van der Waals surface area contributed by atoms with Gasteiger partial charge >= 0.3 is 0 Å². The molecule has 0 aromatic carbocycles. The molecule has 2 rings (SSSR count). The fourth-order valence-corrected chi connectivity index (χ4v) is 2.51. The van der Waals surface area contributed by atoms with Crippen molar-refractivity contribution in [1.82, 2.24) is 4.98 Å². The van der Waals surface area contributed by atoms with Crippen LogP contribution in [0.15, 0.2) is 18.3 Å². The minimum Gasteiger partial charge on any atom is -0.387 e. The number of hydrogen-bond donors (Lipinski definition) is 1. The molecule has 94 valence electrons. The number of rotatable bonds is 4. The van der Waals surface area contributed by atoms with Gasteiger partial charge in [-0.3, -0.25) is 4.98 Å². The van der Waals surface area contributed by atoms with Crippen LogP contribution in [0.1, 0.15) is 50.8 Å². The Balaban J connectivity index is 2.06. The molecule has 1 aliphatic rings. The molecule has 17 heavy (non-hydrogen) atoms. The smallest absolute Gasteiger partial charge is 0.0957 e. The Labute approximate surface area is 103 Å². The van der Waals surface area contributed by atoms with Crippen LogP contribution in [0.4, 0.5) is 5.69 Å². The number of aromatic nitrogens is 1. The number of anilines is 1. The molecule has 0 amide bonds. The van der Waals surface area contributed by atoms with Gasteiger partial charge in [-0.1, -0.05) is 19.8 Å². The first-order chi connectivity index (χ1) is 8.22. The zero-order chi connectivity index (χ0) is 12.3. The Bertz CT molecular complexity index is 344. The van der Waals surface area contributed by atoms with Gasteiger partial charge in [0.2, 0.25) is 0 Å². The van der Waals surface area contributed by atoms with Crippen molar-refractivity contribution in [1.29, 1.82) is 0 Å². The minimum absolute atomic E-state index is 0.430. The zero-order valence-electron chi connectivity index (χ0n) is 10.8. The summed E-state index contributed by atoms with van der Waals surface area (Å²) in [5.74, 6) is 0. The maximum atomic E-state index is 9.69. The number of hydrogen-bond acceptors (Lipinski definition) is 3. The van der Waals surface area contributed by atoms with E-state index in [1.807, 2.05) is 19.2 Å². The molecular weight excluding hydrogens is 212 g/mol. The van der Waals surface area contributed by atoms with E-state index < -0.39 is 6.10 Å². The van der Waals surface area contributed by atoms with E-state index in [-0.39, 0.29) is 0 Å². The Morgan fingerprint density at radius 2 is 2.12 bits per heavy atom. The van der Waals surface area contributed by atoms with E-state index in [9.17, 15) is 5.11 Å². The summed E-state index contributed by atoms with van der Waals surface area (Å²) in [6.45, 7) is 1.96. The maximum Gasteiger partial charge on any atom is 0.0957 e. The highest BCUT2D eigenvalue weighted by atomic mass is 16.3. The molecule has 3 heteroatoms. The van der Waals surface area contributed by atoms with Crippen LogP contribution in [0.25, 0.3) is 0 Å². The van der Waals surface area contributed by atoms with Crippen LogP contribution in [0.5, 0.6) is 0 Å². The first-order valence-corrected chi connectivity index (χ1v) is 6.59. The average Bonchev–Trinajstić information content (AvgIpc) is 2.91. The minimum atomic E-state index is -0.430. The third kappa shape index (κ3) is 2.78. The molecule has 1 heterocycles. The van der Waals surface area contributed by atoms with Crippen molar-refractivity contribution in [2.45, 2.75) is 51.2 Å². The molecule has 1 N–H and O–H groups in total. The second-order valence-electron chi connectivity index (χ2n) is 4.91. The van der Waals surface area contributed by atoms with Gasteiger partial charge in [0.05, 0.1) is 23.7 Å². The van der Waals surface area contributed by atoms with Crippen LogP contribution >= 0.6 is 0 Å². The van der Waals surface area contributed by atoms with Gasteiger partial charge in [-0.2, -0.15) is 0 Å². The summed E-state index contributed by atoms with van der Waals surface area (Å²) >= 11 is 0. The third-order valence-electron chi connectivity index (χ3n) is 3.78. The van der Waals surface area contributed by atoms with Crippen LogP contribution in [-0.4, -0.2) is 23.2 Å². The molecule has 0 bridgehead atoms. The molecule has 0 saturated heterocycles. The van der Waals surface area contributed by atoms with Crippen molar-refractivity contribution >= 4 is 5.69 Å². The molecule has 1 atom stereocenters. The molecule has 0 aliphatic heterocycles. The van der Waals surface area contributed by atoms with Gasteiger partial charge in [0.15, 0.2) is 0 Å². The molecule has 1 fully saturated rings. The standard InChI is InChI=1S/C14H22N2O/c1-3-14(17)13-9-8-12(10-15-13)16(2)11-6-4-5-7-11/h8-11,14,17H,3-7H2,1-2H3. The van der Waals surface area contributed by atoms with E-state index in [1.165, 1.54) is 25.7 Å². The second kappa shape index (κ2) is 5.50. The summed E-state index contributed by atoms with van der Waals surface area (Å²) < 4.78 is 0. The lowest BCUT2D eigenvalue weighted by Gasteiger charge is -2.26. The number of pyridine rings is 1. The predicted octanol–water partition coefficient (Wildman–Crippen LogP) is 2.90. The van der Waals surface area contributed by atoms with Crippen LogP contribution in [0.3, 0.4) is 0 Å². The van der Waals surface area contributed by atoms with Gasteiger partial charge in [-0.15, -0.1) is 0 Å². The van der Waals surface area contributed by atoms with E-state index >= 15 is 0 Å². The highest BCUT2D eigenvalue weighted by molar-refractivity contribution is 5.45. The highest BCUT2D eigenvalue weighted by Gasteiger charge is 2.20. The lowest BCUT2D eigenvalue weighted by molar-refractivity contribution is 0.169. The van der Waals surface area contributed by atoms with Crippen molar-refractivity contribution < 1.29 is 5.11 Å². The SMILES string of the molecule is CCC(O)c1ccc(N(C)C2CCCC2)cn1. The van der Waals surface area contributed by atoms with Gasteiger partial charge < -0.3 is 10.0 Å². The molecule has 1 aromatic rings. The monoisotopic (exact) mass is 234 g/mol. The van der Waals surface area contributed by atoms with E-state index in [1.54, 1.807) is 0 Å². The molecule has 1 aromatic heterocycles. The largest absolute Gasteiger partial charge is 0.387 e. The quantitative estimate of drug-likeness (QED) is 0.870. The number of aliphatic hydroxyl groups excluding tert-OH is 1. The maximum absolute atomic E-state index is 9.69. The highest BCUT2D eigenvalue weighted by Crippen LogP contribution is 2.27. The summed E-state index contributed by atoms with van der Waals surface area (Å²) in [5.41, 5.74) is 1.93. The second-order valence-corrected chi connectivity index (χ2v) is 4.91. The molecule has 0 radical (unpaired) electrons. The van der Waals surface area contributed by atoms with Crippen LogP contribution in [0, 0.1) is 0 Å². The van der Waals surface area contributed by atoms with Crippen LogP contribution in [-0.2, 0) is 0 Å². The van der Waals surface area contributed by atoms with E-state index in [2.05, 4.69) is 23.0 Å². The average molecular weight is 234 g/mol. The van der Waals surface area contributed by atoms with E-state index in [4.69, 9.17) is 0 Å². The topological polar surface area (TPSA) is 36.4 Å². The number of nitrogens with zero attached hydrogens (tertiary/aromatic N) is 2. The fraction of sp³-hybridized carbons (Fsp3) is 0.643. The molecule has 1 saturated carbocycles. The van der Waals surface area contributed by atoms with Crippen molar-refractivity contribution in [2.24, 2.45) is 0 Å². The van der Waals surface area contributed by atoms with Crippen molar-refractivity contribution in [3.05, 3.63) is 24.0 Å². The van der Waals surface area contributed by atoms with E-state index in [0.29, 0.717) is 12.5 Å². The summed E-state index contributed by atoms with van der Waals surface area (Å²) in [7, 11) is 2.14. The Hall–Kier alpha value is -1.09. The lowest BCUT2D eigenvalue weighted by Crippen LogP contribution is -2.28. The predicted molar refractivity (Wildman–Crippen MR) is 70.1 cm³/mol. The molecule has 0 spiro atoms. The van der Waals surface area contributed by atoms with E-state index in [0.717, 1.165) is 11.4 Å².